The number of amides is 3. The summed E-state index contributed by atoms with van der Waals surface area (Å²) in [5.74, 6) is 1.24. The molecule has 3 amide bonds. The molecule has 1 saturated heterocycles. The molecule has 1 fully saturated rings. The van der Waals surface area contributed by atoms with Gasteiger partial charge in [0.15, 0.2) is 0 Å². The Bertz CT molecular complexity index is 888. The number of aryl methyl sites for hydroxylation is 2. The molecule has 0 saturated carbocycles. The molecule has 0 unspecified atom stereocenters. The summed E-state index contributed by atoms with van der Waals surface area (Å²) in [5, 5.41) is 5.81. The van der Waals surface area contributed by atoms with Crippen LogP contribution in [-0.4, -0.2) is 41.0 Å². The Kier molecular flexibility index (Phi) is 6.92. The molecular weight excluding hydrogens is 380 g/mol. The smallest absolute Gasteiger partial charge is 0.321 e. The lowest BCUT2D eigenvalue weighted by atomic mass is 9.96. The third kappa shape index (κ3) is 5.72. The number of rotatable bonds is 5. The summed E-state index contributed by atoms with van der Waals surface area (Å²) < 4.78 is 5.78. The number of hydrogen-bond donors (Lipinski definition) is 2. The van der Waals surface area contributed by atoms with Gasteiger partial charge >= 0.3 is 6.03 Å². The molecule has 0 bridgehead atoms. The van der Waals surface area contributed by atoms with Crippen molar-refractivity contribution in [1.82, 2.24) is 15.2 Å². The second kappa shape index (κ2) is 9.61. The van der Waals surface area contributed by atoms with Crippen LogP contribution in [0, 0.1) is 19.8 Å². The molecule has 1 aliphatic rings. The fourth-order valence-electron chi connectivity index (χ4n) is 3.36. The summed E-state index contributed by atoms with van der Waals surface area (Å²) in [7, 11) is 0. The Morgan fingerprint density at radius 3 is 2.43 bits per heavy atom. The molecule has 1 aromatic carbocycles. The van der Waals surface area contributed by atoms with Crippen molar-refractivity contribution in [2.45, 2.75) is 46.6 Å². The average Bonchev–Trinajstić information content (AvgIpc) is 2.72. The predicted molar refractivity (Wildman–Crippen MR) is 117 cm³/mol. The molecule has 7 nitrogen and oxygen atoms in total. The van der Waals surface area contributed by atoms with E-state index in [1.807, 2.05) is 39.0 Å². The monoisotopic (exact) mass is 410 g/mol. The minimum atomic E-state index is -0.178. The van der Waals surface area contributed by atoms with E-state index in [-0.39, 0.29) is 23.9 Å². The number of ether oxygens (including phenoxy) is 1. The number of nitrogens with one attached hydrogen (secondary N) is 2. The highest BCUT2D eigenvalue weighted by Crippen LogP contribution is 2.23. The van der Waals surface area contributed by atoms with Crippen LogP contribution in [0.25, 0.3) is 0 Å². The van der Waals surface area contributed by atoms with Gasteiger partial charge in [-0.3, -0.25) is 4.79 Å². The number of pyridine rings is 1. The normalized spacial score (nSPS) is 14.5. The lowest BCUT2D eigenvalue weighted by molar-refractivity contribution is -0.126. The van der Waals surface area contributed by atoms with Crippen molar-refractivity contribution in [1.29, 1.82) is 0 Å². The van der Waals surface area contributed by atoms with Crippen LogP contribution in [0.2, 0.25) is 0 Å². The number of benzene rings is 1. The van der Waals surface area contributed by atoms with E-state index in [1.165, 1.54) is 5.56 Å². The number of urea groups is 1. The van der Waals surface area contributed by atoms with Crippen LogP contribution in [0.3, 0.4) is 0 Å². The summed E-state index contributed by atoms with van der Waals surface area (Å²) in [4.78, 5) is 30.7. The van der Waals surface area contributed by atoms with E-state index in [2.05, 4.69) is 22.5 Å². The van der Waals surface area contributed by atoms with Crippen LogP contribution >= 0.6 is 0 Å². The summed E-state index contributed by atoms with van der Waals surface area (Å²) in [6.45, 7) is 9.11. The lowest BCUT2D eigenvalue weighted by Crippen LogP contribution is -2.45. The Morgan fingerprint density at radius 2 is 1.83 bits per heavy atom. The van der Waals surface area contributed by atoms with Crippen molar-refractivity contribution < 1.29 is 14.3 Å². The molecule has 0 spiro atoms. The zero-order valence-corrected chi connectivity index (χ0v) is 18.1. The maximum atomic E-state index is 12.5. The molecular formula is C23H30N4O3. The van der Waals surface area contributed by atoms with Crippen LogP contribution in [0.1, 0.15) is 37.8 Å². The first-order valence-corrected chi connectivity index (χ1v) is 10.4. The van der Waals surface area contributed by atoms with E-state index in [9.17, 15) is 9.59 Å². The minimum Gasteiger partial charge on any atom is -0.439 e. The van der Waals surface area contributed by atoms with E-state index < -0.39 is 0 Å². The summed E-state index contributed by atoms with van der Waals surface area (Å²) in [5.41, 5.74) is 2.96. The molecule has 160 valence electrons. The minimum absolute atomic E-state index is 0.0278. The van der Waals surface area contributed by atoms with E-state index in [4.69, 9.17) is 4.74 Å². The summed E-state index contributed by atoms with van der Waals surface area (Å²) in [6, 6.07) is 9.34. The van der Waals surface area contributed by atoms with Gasteiger partial charge in [-0.1, -0.05) is 6.07 Å². The number of carbonyl (C=O) groups excluding carboxylic acids is 2. The summed E-state index contributed by atoms with van der Waals surface area (Å²) in [6.07, 6.45) is 2.93. The maximum absolute atomic E-state index is 12.5. The third-order valence-electron chi connectivity index (χ3n) is 5.27. The van der Waals surface area contributed by atoms with E-state index >= 15 is 0 Å². The van der Waals surface area contributed by atoms with Crippen LogP contribution in [0.4, 0.5) is 10.5 Å². The predicted octanol–water partition coefficient (Wildman–Crippen LogP) is 4.26. The van der Waals surface area contributed by atoms with Gasteiger partial charge in [-0.05, 0) is 69.9 Å². The van der Waals surface area contributed by atoms with Crippen molar-refractivity contribution >= 4 is 17.6 Å². The largest absolute Gasteiger partial charge is 0.439 e. The third-order valence-corrected chi connectivity index (χ3v) is 5.27. The fraction of sp³-hybridized carbons (Fsp3) is 0.435. The van der Waals surface area contributed by atoms with Gasteiger partial charge in [-0.25, -0.2) is 9.78 Å². The lowest BCUT2D eigenvalue weighted by Gasteiger charge is -2.31. The van der Waals surface area contributed by atoms with Crippen molar-refractivity contribution in [3.63, 3.8) is 0 Å². The van der Waals surface area contributed by atoms with E-state index in [0.717, 1.165) is 11.3 Å². The van der Waals surface area contributed by atoms with Gasteiger partial charge in [0, 0.05) is 31.1 Å². The first kappa shape index (κ1) is 21.6. The quantitative estimate of drug-likeness (QED) is 0.771. The number of hydrogen-bond acceptors (Lipinski definition) is 4. The number of piperidine rings is 1. The molecule has 2 aromatic rings. The molecule has 2 N–H and O–H groups in total. The zero-order valence-electron chi connectivity index (χ0n) is 18.1. The molecule has 0 aliphatic carbocycles. The number of carbonyl (C=O) groups is 2. The van der Waals surface area contributed by atoms with Crippen LogP contribution in [0.15, 0.2) is 36.5 Å². The molecule has 7 heteroatoms. The fourth-order valence-corrected chi connectivity index (χ4v) is 3.36. The number of aromatic nitrogens is 1. The van der Waals surface area contributed by atoms with Crippen LogP contribution in [0.5, 0.6) is 11.6 Å². The van der Waals surface area contributed by atoms with Gasteiger partial charge in [-0.2, -0.15) is 0 Å². The Balaban J connectivity index is 1.50. The number of likely N-dealkylation sites (tertiary alicyclic amines) is 1. The Labute approximate surface area is 177 Å². The van der Waals surface area contributed by atoms with Gasteiger partial charge in [0.05, 0.1) is 11.9 Å². The van der Waals surface area contributed by atoms with Crippen molar-refractivity contribution in [2.75, 3.05) is 18.4 Å². The van der Waals surface area contributed by atoms with Gasteiger partial charge in [-0.15, -0.1) is 0 Å². The molecule has 3 rings (SSSR count). The van der Waals surface area contributed by atoms with Crippen molar-refractivity contribution in [3.05, 3.63) is 47.7 Å². The average molecular weight is 411 g/mol. The molecule has 0 radical (unpaired) electrons. The Hall–Kier alpha value is -3.09. The van der Waals surface area contributed by atoms with Gasteiger partial charge < -0.3 is 20.3 Å². The standard InChI is InChI=1S/C23H30N4O3/c1-15(2)25-22(28)18-9-11-27(12-10-18)23(29)26-19-6-8-21(24-14-19)30-20-7-5-16(3)17(4)13-20/h5-8,13-15,18H,9-12H2,1-4H3,(H,25,28)(H,26,29). The number of anilines is 1. The highest BCUT2D eigenvalue weighted by molar-refractivity contribution is 5.89. The maximum Gasteiger partial charge on any atom is 0.321 e. The highest BCUT2D eigenvalue weighted by Gasteiger charge is 2.27. The second-order valence-electron chi connectivity index (χ2n) is 8.09. The SMILES string of the molecule is Cc1ccc(Oc2ccc(NC(=O)N3CCC(C(=O)NC(C)C)CC3)cn2)cc1C. The van der Waals surface area contributed by atoms with Gasteiger partial charge in [0.2, 0.25) is 11.8 Å². The molecule has 1 aliphatic heterocycles. The number of nitrogens with zero attached hydrogens (tertiary/aromatic N) is 2. The molecule has 30 heavy (non-hydrogen) atoms. The topological polar surface area (TPSA) is 83.6 Å². The second-order valence-corrected chi connectivity index (χ2v) is 8.09. The van der Waals surface area contributed by atoms with E-state index in [0.29, 0.717) is 37.5 Å². The van der Waals surface area contributed by atoms with Crippen LogP contribution in [-0.2, 0) is 4.79 Å². The van der Waals surface area contributed by atoms with Crippen molar-refractivity contribution in [2.24, 2.45) is 5.92 Å². The van der Waals surface area contributed by atoms with Gasteiger partial charge in [0.25, 0.3) is 0 Å². The van der Waals surface area contributed by atoms with Gasteiger partial charge in [0.1, 0.15) is 5.75 Å². The Morgan fingerprint density at radius 1 is 1.10 bits per heavy atom. The molecule has 2 heterocycles. The first-order chi connectivity index (χ1) is 14.3. The van der Waals surface area contributed by atoms with Crippen LogP contribution < -0.4 is 15.4 Å². The highest BCUT2D eigenvalue weighted by atomic mass is 16.5. The summed E-state index contributed by atoms with van der Waals surface area (Å²) >= 11 is 0. The molecule has 0 atom stereocenters. The first-order valence-electron chi connectivity index (χ1n) is 10.4. The van der Waals surface area contributed by atoms with Crippen molar-refractivity contribution in [3.8, 4) is 11.6 Å². The molecule has 1 aromatic heterocycles. The zero-order chi connectivity index (χ0) is 21.7. The van der Waals surface area contributed by atoms with E-state index in [1.54, 1.807) is 23.2 Å².